The lowest BCUT2D eigenvalue weighted by atomic mass is 10.2. The van der Waals surface area contributed by atoms with Gasteiger partial charge in [-0.1, -0.05) is 18.2 Å². The van der Waals surface area contributed by atoms with Crippen molar-refractivity contribution in [3.05, 3.63) is 36.9 Å². The van der Waals surface area contributed by atoms with Gasteiger partial charge in [0.05, 0.1) is 12.1 Å². The fourth-order valence-electron chi connectivity index (χ4n) is 1.41. The summed E-state index contributed by atoms with van der Waals surface area (Å²) in [5, 5.41) is 5.21. The Labute approximate surface area is 76.5 Å². The molecule has 3 nitrogen and oxygen atoms in total. The molecule has 2 aromatic rings. The maximum Gasteiger partial charge on any atom is 0.153 e. The number of fused-ring (bicyclic) bond motifs is 1. The molecule has 0 radical (unpaired) electrons. The first kappa shape index (κ1) is 7.86. The molecule has 0 atom stereocenters. The molecule has 0 bridgehead atoms. The summed E-state index contributed by atoms with van der Waals surface area (Å²) in [7, 11) is 0. The molecular weight excluding hydrogens is 162 g/mol. The highest BCUT2D eigenvalue weighted by Gasteiger charge is 2.04. The van der Waals surface area contributed by atoms with Gasteiger partial charge in [0.2, 0.25) is 0 Å². The van der Waals surface area contributed by atoms with E-state index < -0.39 is 0 Å². The summed E-state index contributed by atoms with van der Waals surface area (Å²) in [5.74, 6) is 0.581. The molecular formula is C10H11N3. The van der Waals surface area contributed by atoms with Crippen LogP contribution in [0.1, 0.15) is 0 Å². The van der Waals surface area contributed by atoms with E-state index >= 15 is 0 Å². The van der Waals surface area contributed by atoms with E-state index in [4.69, 9.17) is 5.73 Å². The first-order valence-electron chi connectivity index (χ1n) is 4.15. The van der Waals surface area contributed by atoms with Crippen LogP contribution in [-0.2, 0) is 6.54 Å². The average molecular weight is 173 g/mol. The number of nitrogens with zero attached hydrogens (tertiary/aromatic N) is 2. The largest absolute Gasteiger partial charge is 0.382 e. The Kier molecular flexibility index (Phi) is 1.77. The molecule has 0 fully saturated rings. The Hall–Kier alpha value is -1.77. The van der Waals surface area contributed by atoms with Gasteiger partial charge in [-0.15, -0.1) is 6.58 Å². The van der Waals surface area contributed by atoms with Gasteiger partial charge in [0, 0.05) is 5.39 Å². The Morgan fingerprint density at radius 3 is 3.00 bits per heavy atom. The fourth-order valence-corrected chi connectivity index (χ4v) is 1.41. The van der Waals surface area contributed by atoms with Crippen molar-refractivity contribution in [3.8, 4) is 0 Å². The van der Waals surface area contributed by atoms with Crippen LogP contribution in [0.5, 0.6) is 0 Å². The molecule has 0 saturated heterocycles. The lowest BCUT2D eigenvalue weighted by Gasteiger charge is -1.96. The van der Waals surface area contributed by atoms with Crippen molar-refractivity contribution in [2.24, 2.45) is 0 Å². The van der Waals surface area contributed by atoms with Crippen molar-refractivity contribution >= 4 is 16.7 Å². The minimum absolute atomic E-state index is 0.581. The number of hydrogen-bond donors (Lipinski definition) is 1. The molecule has 2 N–H and O–H groups in total. The zero-order valence-electron chi connectivity index (χ0n) is 7.27. The number of rotatable bonds is 2. The number of nitrogens with two attached hydrogens (primary N) is 1. The molecule has 1 aromatic carbocycles. The van der Waals surface area contributed by atoms with Crippen molar-refractivity contribution in [2.75, 3.05) is 5.73 Å². The molecule has 0 aliphatic heterocycles. The molecule has 13 heavy (non-hydrogen) atoms. The van der Waals surface area contributed by atoms with Crippen molar-refractivity contribution in [1.29, 1.82) is 0 Å². The highest BCUT2D eigenvalue weighted by molar-refractivity contribution is 5.88. The van der Waals surface area contributed by atoms with Crippen molar-refractivity contribution in [1.82, 2.24) is 9.78 Å². The van der Waals surface area contributed by atoms with E-state index in [2.05, 4.69) is 11.7 Å². The van der Waals surface area contributed by atoms with E-state index in [-0.39, 0.29) is 0 Å². The van der Waals surface area contributed by atoms with E-state index in [0.717, 1.165) is 10.9 Å². The molecule has 0 aliphatic rings. The molecule has 0 aliphatic carbocycles. The molecule has 1 heterocycles. The second kappa shape index (κ2) is 2.94. The summed E-state index contributed by atoms with van der Waals surface area (Å²) < 4.78 is 1.84. The van der Waals surface area contributed by atoms with E-state index in [0.29, 0.717) is 12.4 Å². The zero-order valence-corrected chi connectivity index (χ0v) is 7.27. The van der Waals surface area contributed by atoms with Gasteiger partial charge in [0.15, 0.2) is 5.82 Å². The topological polar surface area (TPSA) is 43.8 Å². The van der Waals surface area contributed by atoms with Gasteiger partial charge in [0.25, 0.3) is 0 Å². The van der Waals surface area contributed by atoms with Crippen molar-refractivity contribution in [3.63, 3.8) is 0 Å². The van der Waals surface area contributed by atoms with Crippen LogP contribution >= 0.6 is 0 Å². The number of benzene rings is 1. The highest BCUT2D eigenvalue weighted by Crippen LogP contribution is 2.19. The predicted octanol–water partition coefficient (Wildman–Crippen LogP) is 1.80. The summed E-state index contributed by atoms with van der Waals surface area (Å²) in [5.41, 5.74) is 6.80. The quantitative estimate of drug-likeness (QED) is 0.704. The van der Waals surface area contributed by atoms with E-state index in [1.807, 2.05) is 28.9 Å². The molecule has 3 heteroatoms. The zero-order chi connectivity index (χ0) is 9.26. The Morgan fingerprint density at radius 1 is 1.46 bits per heavy atom. The van der Waals surface area contributed by atoms with Crippen molar-refractivity contribution in [2.45, 2.75) is 6.54 Å². The third-order valence-corrected chi connectivity index (χ3v) is 1.99. The minimum Gasteiger partial charge on any atom is -0.382 e. The van der Waals surface area contributed by atoms with Crippen LogP contribution in [0, 0.1) is 0 Å². The van der Waals surface area contributed by atoms with Gasteiger partial charge in [-0.25, -0.2) is 0 Å². The Balaban J connectivity index is 2.70. The summed E-state index contributed by atoms with van der Waals surface area (Å²) in [4.78, 5) is 0. The molecule has 0 amide bonds. The van der Waals surface area contributed by atoms with Crippen LogP contribution in [-0.4, -0.2) is 9.78 Å². The smallest absolute Gasteiger partial charge is 0.153 e. The van der Waals surface area contributed by atoms with Gasteiger partial charge in [-0.05, 0) is 12.1 Å². The number of aromatic nitrogens is 2. The first-order chi connectivity index (χ1) is 6.33. The maximum atomic E-state index is 5.74. The van der Waals surface area contributed by atoms with E-state index in [9.17, 15) is 0 Å². The Bertz CT molecular complexity index is 442. The van der Waals surface area contributed by atoms with Crippen LogP contribution in [0.15, 0.2) is 36.9 Å². The maximum absolute atomic E-state index is 5.74. The van der Waals surface area contributed by atoms with Crippen LogP contribution in [0.3, 0.4) is 0 Å². The standard InChI is InChI=1S/C10H11N3/c1-2-7-13-9-6-4-3-5-8(9)10(11)12-13/h2-6H,1,7H2,(H2,11,12). The lowest BCUT2D eigenvalue weighted by Crippen LogP contribution is -1.97. The molecule has 2 rings (SSSR count). The van der Waals surface area contributed by atoms with Crippen LogP contribution in [0.25, 0.3) is 10.9 Å². The number of hydrogen-bond acceptors (Lipinski definition) is 2. The number of para-hydroxylation sites is 1. The van der Waals surface area contributed by atoms with Gasteiger partial charge in [0.1, 0.15) is 0 Å². The number of anilines is 1. The van der Waals surface area contributed by atoms with Crippen LogP contribution < -0.4 is 5.73 Å². The third-order valence-electron chi connectivity index (χ3n) is 1.99. The lowest BCUT2D eigenvalue weighted by molar-refractivity contribution is 0.733. The van der Waals surface area contributed by atoms with Crippen LogP contribution in [0.4, 0.5) is 5.82 Å². The SMILES string of the molecule is C=CCn1nc(N)c2ccccc21. The van der Waals surface area contributed by atoms with Gasteiger partial charge < -0.3 is 5.73 Å². The van der Waals surface area contributed by atoms with Gasteiger partial charge in [-0.3, -0.25) is 4.68 Å². The summed E-state index contributed by atoms with van der Waals surface area (Å²) >= 11 is 0. The second-order valence-corrected chi connectivity index (χ2v) is 2.87. The van der Waals surface area contributed by atoms with E-state index in [1.54, 1.807) is 6.08 Å². The number of allylic oxidation sites excluding steroid dienone is 1. The molecule has 66 valence electrons. The summed E-state index contributed by atoms with van der Waals surface area (Å²) in [6.07, 6.45) is 1.80. The molecule has 1 aromatic heterocycles. The van der Waals surface area contributed by atoms with Gasteiger partial charge >= 0.3 is 0 Å². The molecule has 0 saturated carbocycles. The molecule has 0 spiro atoms. The highest BCUT2D eigenvalue weighted by atomic mass is 15.3. The summed E-state index contributed by atoms with van der Waals surface area (Å²) in [6, 6.07) is 7.90. The minimum atomic E-state index is 0.581. The average Bonchev–Trinajstić information content (AvgIpc) is 2.46. The molecule has 0 unspecified atom stereocenters. The number of nitrogen functional groups attached to an aromatic ring is 1. The van der Waals surface area contributed by atoms with E-state index in [1.165, 1.54) is 0 Å². The summed E-state index contributed by atoms with van der Waals surface area (Å²) in [6.45, 7) is 4.36. The normalized spacial score (nSPS) is 10.5. The monoisotopic (exact) mass is 173 g/mol. The van der Waals surface area contributed by atoms with Crippen molar-refractivity contribution < 1.29 is 0 Å². The predicted molar refractivity (Wildman–Crippen MR) is 54.3 cm³/mol. The third kappa shape index (κ3) is 1.18. The fraction of sp³-hybridized carbons (Fsp3) is 0.100. The van der Waals surface area contributed by atoms with Gasteiger partial charge in [-0.2, -0.15) is 5.10 Å². The Morgan fingerprint density at radius 2 is 2.23 bits per heavy atom. The second-order valence-electron chi connectivity index (χ2n) is 2.87. The van der Waals surface area contributed by atoms with Crippen LogP contribution in [0.2, 0.25) is 0 Å². The first-order valence-corrected chi connectivity index (χ1v) is 4.15.